The number of benzene rings is 1. The Balaban J connectivity index is 1.71. The largest absolute Gasteiger partial charge is 0.291 e. The van der Waals surface area contributed by atoms with E-state index in [-0.39, 0.29) is 5.54 Å². The topological polar surface area (TPSA) is 46.8 Å². The third-order valence-corrected chi connectivity index (χ3v) is 4.45. The minimum absolute atomic E-state index is 0.120. The van der Waals surface area contributed by atoms with Crippen molar-refractivity contribution in [2.45, 2.75) is 45.8 Å². The first-order valence-corrected chi connectivity index (χ1v) is 8.01. The van der Waals surface area contributed by atoms with Crippen molar-refractivity contribution in [3.8, 4) is 0 Å². The van der Waals surface area contributed by atoms with Gasteiger partial charge < -0.3 is 0 Å². The Morgan fingerprint density at radius 1 is 1.29 bits per heavy atom. The number of rotatable bonds is 2. The lowest BCUT2D eigenvalue weighted by molar-refractivity contribution is 0.237. The third kappa shape index (κ3) is 3.16. The molecule has 0 radical (unpaired) electrons. The monoisotopic (exact) mass is 349 g/mol. The van der Waals surface area contributed by atoms with Gasteiger partial charge in [-0.2, -0.15) is 4.80 Å². The number of nitrogens with zero attached hydrogens (tertiary/aromatic N) is 5. The highest BCUT2D eigenvalue weighted by atomic mass is 79.9. The molecule has 2 heterocycles. The number of hydrogen-bond donors (Lipinski definition) is 0. The Labute approximate surface area is 133 Å². The molecule has 0 atom stereocenters. The van der Waals surface area contributed by atoms with Crippen LogP contribution in [0.1, 0.15) is 37.7 Å². The van der Waals surface area contributed by atoms with Gasteiger partial charge >= 0.3 is 0 Å². The smallest absolute Gasteiger partial charge is 0.188 e. The van der Waals surface area contributed by atoms with Crippen LogP contribution >= 0.6 is 15.9 Å². The fourth-order valence-corrected chi connectivity index (χ4v) is 3.15. The lowest BCUT2D eigenvalue weighted by Crippen LogP contribution is -2.31. The zero-order valence-electron chi connectivity index (χ0n) is 12.7. The highest BCUT2D eigenvalue weighted by molar-refractivity contribution is 9.10. The molecule has 5 nitrogen and oxygen atoms in total. The second-order valence-electron chi connectivity index (χ2n) is 6.50. The summed E-state index contributed by atoms with van der Waals surface area (Å²) in [4.78, 5) is 4.07. The van der Waals surface area contributed by atoms with Crippen LogP contribution in [0.5, 0.6) is 0 Å². The molecule has 0 fully saturated rings. The quantitative estimate of drug-likeness (QED) is 0.836. The first kappa shape index (κ1) is 14.7. The van der Waals surface area contributed by atoms with Crippen molar-refractivity contribution in [2.75, 3.05) is 6.54 Å². The summed E-state index contributed by atoms with van der Waals surface area (Å²) in [6, 6.07) is 6.41. The van der Waals surface area contributed by atoms with E-state index in [9.17, 15) is 0 Å². The number of aromatic nitrogens is 4. The van der Waals surface area contributed by atoms with Gasteiger partial charge in [0.1, 0.15) is 0 Å². The maximum atomic E-state index is 4.49. The van der Waals surface area contributed by atoms with E-state index in [0.717, 1.165) is 31.9 Å². The first-order valence-electron chi connectivity index (χ1n) is 7.21. The molecule has 112 valence electrons. The van der Waals surface area contributed by atoms with Crippen LogP contribution < -0.4 is 0 Å². The van der Waals surface area contributed by atoms with Crippen LogP contribution in [-0.4, -0.2) is 31.7 Å². The molecule has 0 saturated carbocycles. The van der Waals surface area contributed by atoms with Gasteiger partial charge in [0.15, 0.2) is 5.82 Å². The zero-order chi connectivity index (χ0) is 15.0. The Kier molecular flexibility index (Phi) is 3.84. The average Bonchev–Trinajstić information content (AvgIpc) is 2.87. The van der Waals surface area contributed by atoms with E-state index < -0.39 is 0 Å². The van der Waals surface area contributed by atoms with Gasteiger partial charge in [0, 0.05) is 17.6 Å². The SMILES string of the molecule is CC(C)(C)n1nnc(CN2CCc3c(Br)cccc3C2)n1. The Morgan fingerprint density at radius 2 is 2.10 bits per heavy atom. The third-order valence-electron chi connectivity index (χ3n) is 3.71. The van der Waals surface area contributed by atoms with Gasteiger partial charge in [0.05, 0.1) is 12.1 Å². The second-order valence-corrected chi connectivity index (χ2v) is 7.36. The van der Waals surface area contributed by atoms with Crippen LogP contribution in [0.15, 0.2) is 22.7 Å². The van der Waals surface area contributed by atoms with E-state index in [2.05, 4.69) is 75.2 Å². The Bertz CT molecular complexity index is 644. The maximum absolute atomic E-state index is 4.49. The minimum Gasteiger partial charge on any atom is -0.291 e. The summed E-state index contributed by atoms with van der Waals surface area (Å²) in [6.45, 7) is 8.95. The van der Waals surface area contributed by atoms with Gasteiger partial charge in [-0.15, -0.1) is 10.2 Å². The average molecular weight is 350 g/mol. The van der Waals surface area contributed by atoms with Gasteiger partial charge in [-0.05, 0) is 49.6 Å². The molecule has 0 saturated heterocycles. The maximum Gasteiger partial charge on any atom is 0.188 e. The summed E-state index contributed by atoms with van der Waals surface area (Å²) in [5.74, 6) is 0.795. The lowest BCUT2D eigenvalue weighted by Gasteiger charge is -2.28. The van der Waals surface area contributed by atoms with E-state index >= 15 is 0 Å². The molecule has 21 heavy (non-hydrogen) atoms. The molecule has 6 heteroatoms. The van der Waals surface area contributed by atoms with Crippen molar-refractivity contribution >= 4 is 15.9 Å². The molecule has 2 aromatic rings. The summed E-state index contributed by atoms with van der Waals surface area (Å²) in [5.41, 5.74) is 2.70. The molecular formula is C15H20BrN5. The molecule has 0 bridgehead atoms. The molecule has 0 aliphatic carbocycles. The molecule has 1 aliphatic heterocycles. The van der Waals surface area contributed by atoms with Gasteiger partial charge in [-0.1, -0.05) is 28.1 Å². The summed E-state index contributed by atoms with van der Waals surface area (Å²) in [5, 5.41) is 12.8. The van der Waals surface area contributed by atoms with Crippen LogP contribution in [-0.2, 0) is 25.0 Å². The zero-order valence-corrected chi connectivity index (χ0v) is 14.3. The molecule has 0 spiro atoms. The summed E-state index contributed by atoms with van der Waals surface area (Å²) < 4.78 is 1.22. The number of fused-ring (bicyclic) bond motifs is 1. The molecule has 0 unspecified atom stereocenters. The highest BCUT2D eigenvalue weighted by Gasteiger charge is 2.21. The minimum atomic E-state index is -0.120. The molecule has 3 rings (SSSR count). The van der Waals surface area contributed by atoms with Crippen LogP contribution in [0.25, 0.3) is 0 Å². The first-order chi connectivity index (χ1) is 9.93. The number of halogens is 1. The Hall–Kier alpha value is -1.27. The van der Waals surface area contributed by atoms with Crippen molar-refractivity contribution < 1.29 is 0 Å². The van der Waals surface area contributed by atoms with Crippen LogP contribution in [0.3, 0.4) is 0 Å². The molecule has 0 N–H and O–H groups in total. The summed E-state index contributed by atoms with van der Waals surface area (Å²) in [6.07, 6.45) is 1.06. The van der Waals surface area contributed by atoms with Gasteiger partial charge in [0.25, 0.3) is 0 Å². The van der Waals surface area contributed by atoms with Crippen LogP contribution in [0.2, 0.25) is 0 Å². The van der Waals surface area contributed by atoms with E-state index in [1.54, 1.807) is 4.80 Å². The fraction of sp³-hybridized carbons (Fsp3) is 0.533. The molecule has 0 amide bonds. The van der Waals surface area contributed by atoms with E-state index in [0.29, 0.717) is 0 Å². The van der Waals surface area contributed by atoms with Gasteiger partial charge in [-0.25, -0.2) is 0 Å². The standard InChI is InChI=1S/C15H20BrN5/c1-15(2,3)21-18-14(17-19-21)10-20-8-7-12-11(9-20)5-4-6-13(12)16/h4-6H,7-10H2,1-3H3. The number of tetrazole rings is 1. The molecular weight excluding hydrogens is 330 g/mol. The molecule has 1 aromatic carbocycles. The lowest BCUT2D eigenvalue weighted by atomic mass is 10.00. The molecule has 1 aliphatic rings. The van der Waals surface area contributed by atoms with Crippen molar-refractivity contribution in [2.24, 2.45) is 0 Å². The number of hydrogen-bond acceptors (Lipinski definition) is 4. The van der Waals surface area contributed by atoms with Crippen molar-refractivity contribution in [3.05, 3.63) is 39.6 Å². The molecule has 1 aromatic heterocycles. The fourth-order valence-electron chi connectivity index (χ4n) is 2.55. The Morgan fingerprint density at radius 3 is 2.81 bits per heavy atom. The van der Waals surface area contributed by atoms with Crippen molar-refractivity contribution in [1.29, 1.82) is 0 Å². The second kappa shape index (κ2) is 5.50. The van der Waals surface area contributed by atoms with Crippen molar-refractivity contribution in [1.82, 2.24) is 25.1 Å². The normalized spacial score (nSPS) is 16.0. The summed E-state index contributed by atoms with van der Waals surface area (Å²) >= 11 is 3.64. The van der Waals surface area contributed by atoms with Gasteiger partial charge in [-0.3, -0.25) is 4.90 Å². The van der Waals surface area contributed by atoms with E-state index in [4.69, 9.17) is 0 Å². The van der Waals surface area contributed by atoms with E-state index in [1.165, 1.54) is 15.6 Å². The highest BCUT2D eigenvalue weighted by Crippen LogP contribution is 2.26. The van der Waals surface area contributed by atoms with Crippen LogP contribution in [0, 0.1) is 0 Å². The van der Waals surface area contributed by atoms with Gasteiger partial charge in [0.2, 0.25) is 0 Å². The predicted octanol–water partition coefficient (Wildman–Crippen LogP) is 2.75. The van der Waals surface area contributed by atoms with E-state index in [1.807, 2.05) is 0 Å². The summed E-state index contributed by atoms with van der Waals surface area (Å²) in [7, 11) is 0. The predicted molar refractivity (Wildman–Crippen MR) is 84.8 cm³/mol. The van der Waals surface area contributed by atoms with Crippen molar-refractivity contribution in [3.63, 3.8) is 0 Å². The van der Waals surface area contributed by atoms with Crippen LogP contribution in [0.4, 0.5) is 0 Å².